The zero-order valence-electron chi connectivity index (χ0n) is 15.9. The first-order valence-corrected chi connectivity index (χ1v) is 9.44. The number of aliphatic carboxylic acids is 1. The van der Waals surface area contributed by atoms with Crippen molar-refractivity contribution in [3.8, 4) is 11.5 Å². The molecule has 4 rings (SSSR count). The number of amides is 1. The number of carboxylic acids is 1. The van der Waals surface area contributed by atoms with Gasteiger partial charge in [-0.15, -0.1) is 0 Å². The molecule has 2 aliphatic rings. The Bertz CT molecular complexity index is 939. The topological polar surface area (TPSA) is 84.9 Å². The minimum absolute atomic E-state index is 0.0730. The molecule has 146 valence electrons. The van der Waals surface area contributed by atoms with Crippen molar-refractivity contribution in [2.75, 3.05) is 13.2 Å². The monoisotopic (exact) mass is 381 g/mol. The van der Waals surface area contributed by atoms with E-state index in [1.165, 1.54) is 0 Å². The molecular formula is C22H23NO5. The molecule has 1 amide bonds. The van der Waals surface area contributed by atoms with Crippen molar-refractivity contribution in [1.29, 1.82) is 0 Å². The molecule has 3 unspecified atom stereocenters. The Kier molecular flexibility index (Phi) is 4.71. The normalized spacial score (nSPS) is 20.9. The second kappa shape index (κ2) is 7.19. The summed E-state index contributed by atoms with van der Waals surface area (Å²) < 4.78 is 11.1. The fourth-order valence-corrected chi connectivity index (χ4v) is 3.75. The van der Waals surface area contributed by atoms with Gasteiger partial charge in [0.05, 0.1) is 0 Å². The molecule has 0 radical (unpaired) electrons. The molecule has 28 heavy (non-hydrogen) atoms. The average Bonchev–Trinajstić information content (AvgIpc) is 3.49. The van der Waals surface area contributed by atoms with Crippen molar-refractivity contribution in [1.82, 2.24) is 5.32 Å². The van der Waals surface area contributed by atoms with Gasteiger partial charge >= 0.3 is 5.97 Å². The lowest BCUT2D eigenvalue weighted by Gasteiger charge is -2.19. The van der Waals surface area contributed by atoms with Gasteiger partial charge in [0, 0.05) is 5.92 Å². The first-order valence-electron chi connectivity index (χ1n) is 9.44. The third-order valence-corrected chi connectivity index (χ3v) is 5.61. The third kappa shape index (κ3) is 3.42. The predicted octanol–water partition coefficient (Wildman–Crippen LogP) is 3.12. The van der Waals surface area contributed by atoms with Gasteiger partial charge in [-0.25, -0.2) is 4.79 Å². The number of hydrogen-bond donors (Lipinski definition) is 2. The van der Waals surface area contributed by atoms with E-state index in [0.717, 1.165) is 22.4 Å². The maximum absolute atomic E-state index is 12.7. The first-order chi connectivity index (χ1) is 13.5. The van der Waals surface area contributed by atoms with Gasteiger partial charge in [-0.2, -0.15) is 0 Å². The SMILES string of the molecule is Cc1cccc(C(NC(=O)C2CC2c2ccc3c(c2)OCCO3)C(=O)O)c1C. The molecule has 1 aliphatic heterocycles. The van der Waals surface area contributed by atoms with Crippen LogP contribution in [0.2, 0.25) is 0 Å². The smallest absolute Gasteiger partial charge is 0.330 e. The van der Waals surface area contributed by atoms with E-state index >= 15 is 0 Å². The van der Waals surface area contributed by atoms with E-state index in [4.69, 9.17) is 9.47 Å². The number of carboxylic acid groups (broad SMARTS) is 1. The highest BCUT2D eigenvalue weighted by Crippen LogP contribution is 2.49. The molecular weight excluding hydrogens is 358 g/mol. The van der Waals surface area contributed by atoms with Crippen molar-refractivity contribution in [2.45, 2.75) is 32.2 Å². The van der Waals surface area contributed by atoms with Crippen molar-refractivity contribution in [2.24, 2.45) is 5.92 Å². The highest BCUT2D eigenvalue weighted by atomic mass is 16.6. The molecule has 1 fully saturated rings. The summed E-state index contributed by atoms with van der Waals surface area (Å²) in [5, 5.41) is 12.4. The first kappa shape index (κ1) is 18.3. The van der Waals surface area contributed by atoms with Gasteiger partial charge in [0.15, 0.2) is 17.5 Å². The zero-order valence-corrected chi connectivity index (χ0v) is 15.9. The van der Waals surface area contributed by atoms with Gasteiger partial charge in [-0.05, 0) is 60.6 Å². The Labute approximate surface area is 163 Å². The molecule has 2 aromatic carbocycles. The number of nitrogens with one attached hydrogen (secondary N) is 1. The lowest BCUT2D eigenvalue weighted by Crippen LogP contribution is -2.35. The van der Waals surface area contributed by atoms with Gasteiger partial charge in [0.2, 0.25) is 5.91 Å². The van der Waals surface area contributed by atoms with Crippen molar-refractivity contribution < 1.29 is 24.2 Å². The molecule has 1 heterocycles. The highest BCUT2D eigenvalue weighted by Gasteiger charge is 2.45. The Hall–Kier alpha value is -3.02. The lowest BCUT2D eigenvalue weighted by atomic mass is 9.97. The largest absolute Gasteiger partial charge is 0.486 e. The van der Waals surface area contributed by atoms with Gasteiger partial charge < -0.3 is 19.9 Å². The molecule has 2 N–H and O–H groups in total. The summed E-state index contributed by atoms with van der Waals surface area (Å²) in [6.45, 7) is 4.86. The number of rotatable bonds is 5. The molecule has 3 atom stereocenters. The van der Waals surface area contributed by atoms with Gasteiger partial charge in [-0.3, -0.25) is 4.79 Å². The van der Waals surface area contributed by atoms with Crippen molar-refractivity contribution >= 4 is 11.9 Å². The lowest BCUT2D eigenvalue weighted by molar-refractivity contribution is -0.142. The third-order valence-electron chi connectivity index (χ3n) is 5.61. The minimum Gasteiger partial charge on any atom is -0.486 e. The number of carbonyl (C=O) groups excluding carboxylic acids is 1. The Balaban J connectivity index is 1.48. The molecule has 6 heteroatoms. The van der Waals surface area contributed by atoms with E-state index in [2.05, 4.69) is 5.32 Å². The molecule has 0 aromatic heterocycles. The molecule has 0 bridgehead atoms. The Morgan fingerprint density at radius 1 is 1.11 bits per heavy atom. The van der Waals surface area contributed by atoms with Crippen LogP contribution >= 0.6 is 0 Å². The fourth-order valence-electron chi connectivity index (χ4n) is 3.75. The molecule has 6 nitrogen and oxygen atoms in total. The van der Waals surface area contributed by atoms with Crippen molar-refractivity contribution in [3.05, 3.63) is 58.7 Å². The van der Waals surface area contributed by atoms with Crippen LogP contribution in [-0.2, 0) is 9.59 Å². The number of hydrogen-bond acceptors (Lipinski definition) is 4. The van der Waals surface area contributed by atoms with E-state index in [0.29, 0.717) is 30.9 Å². The maximum atomic E-state index is 12.7. The van der Waals surface area contributed by atoms with E-state index in [9.17, 15) is 14.7 Å². The molecule has 0 saturated heterocycles. The Morgan fingerprint density at radius 3 is 2.61 bits per heavy atom. The van der Waals surface area contributed by atoms with Crippen LogP contribution in [-0.4, -0.2) is 30.2 Å². The standard InChI is InChI=1S/C22H23NO5/c1-12-4-3-5-15(13(12)2)20(22(25)26)23-21(24)17-11-16(17)14-6-7-18-19(10-14)28-9-8-27-18/h3-7,10,16-17,20H,8-9,11H2,1-2H3,(H,23,24)(H,25,26). The predicted molar refractivity (Wildman–Crippen MR) is 103 cm³/mol. The summed E-state index contributed by atoms with van der Waals surface area (Å²) >= 11 is 0. The minimum atomic E-state index is -1.06. The number of carbonyl (C=O) groups is 2. The summed E-state index contributed by atoms with van der Waals surface area (Å²) in [5.74, 6) is -0.0173. The summed E-state index contributed by atoms with van der Waals surface area (Å²) in [6.07, 6.45) is 0.699. The van der Waals surface area contributed by atoms with Crippen LogP contribution in [0, 0.1) is 19.8 Å². The molecule has 2 aromatic rings. The maximum Gasteiger partial charge on any atom is 0.330 e. The van der Waals surface area contributed by atoms with Crippen molar-refractivity contribution in [3.63, 3.8) is 0 Å². The van der Waals surface area contributed by atoms with E-state index in [1.54, 1.807) is 6.07 Å². The average molecular weight is 381 g/mol. The number of benzene rings is 2. The van der Waals surface area contributed by atoms with Crippen LogP contribution in [0.15, 0.2) is 36.4 Å². The van der Waals surface area contributed by atoms with Crippen LogP contribution < -0.4 is 14.8 Å². The van der Waals surface area contributed by atoms with Crippen LogP contribution in [0.1, 0.15) is 40.6 Å². The summed E-state index contributed by atoms with van der Waals surface area (Å²) in [4.78, 5) is 24.5. The molecule has 1 saturated carbocycles. The van der Waals surface area contributed by atoms with Crippen LogP contribution in [0.25, 0.3) is 0 Å². The Morgan fingerprint density at radius 2 is 1.86 bits per heavy atom. The van der Waals surface area contributed by atoms with E-state index < -0.39 is 12.0 Å². The number of aryl methyl sites for hydroxylation is 1. The number of fused-ring (bicyclic) bond motifs is 1. The second-order valence-electron chi connectivity index (χ2n) is 7.42. The quantitative estimate of drug-likeness (QED) is 0.831. The summed E-state index contributed by atoms with van der Waals surface area (Å²) in [5.41, 5.74) is 3.52. The van der Waals surface area contributed by atoms with Gasteiger partial charge in [0.25, 0.3) is 0 Å². The number of ether oxygens (including phenoxy) is 2. The highest BCUT2D eigenvalue weighted by molar-refractivity contribution is 5.88. The second-order valence-corrected chi connectivity index (χ2v) is 7.42. The molecule has 0 spiro atoms. The van der Waals surface area contributed by atoms with E-state index in [-0.39, 0.29) is 17.7 Å². The molecule has 1 aliphatic carbocycles. The summed E-state index contributed by atoms with van der Waals surface area (Å²) in [7, 11) is 0. The summed E-state index contributed by atoms with van der Waals surface area (Å²) in [6, 6.07) is 10.2. The van der Waals surface area contributed by atoms with Gasteiger partial charge in [0.1, 0.15) is 13.2 Å². The van der Waals surface area contributed by atoms with Crippen LogP contribution in [0.3, 0.4) is 0 Å². The zero-order chi connectivity index (χ0) is 19.8. The van der Waals surface area contributed by atoms with Crippen LogP contribution in [0.4, 0.5) is 0 Å². The van der Waals surface area contributed by atoms with Crippen LogP contribution in [0.5, 0.6) is 11.5 Å². The fraction of sp³-hybridized carbons (Fsp3) is 0.364. The van der Waals surface area contributed by atoms with Gasteiger partial charge in [-0.1, -0.05) is 24.3 Å². The van der Waals surface area contributed by atoms with E-state index in [1.807, 2.05) is 44.2 Å².